The van der Waals surface area contributed by atoms with Crippen LogP contribution in [-0.4, -0.2) is 23.2 Å². The molecule has 2 saturated carbocycles. The molecule has 22 heavy (non-hydrogen) atoms. The number of benzene rings is 1. The maximum Gasteiger partial charge on any atom is 0.408 e. The highest BCUT2D eigenvalue weighted by Crippen LogP contribution is 2.55. The number of hydrogen-bond acceptors (Lipinski definition) is 3. The highest BCUT2D eigenvalue weighted by atomic mass is 79.9. The Hall–Kier alpha value is -1.36. The number of carbonyl (C=O) groups is 2. The Balaban J connectivity index is 1.53. The summed E-state index contributed by atoms with van der Waals surface area (Å²) in [5, 5.41) is 3.05. The molecule has 1 aromatic rings. The first kappa shape index (κ1) is 15.5. The number of halogens is 1. The third-order valence-electron chi connectivity index (χ3n) is 4.72. The number of alkyl halides is 1. The minimum Gasteiger partial charge on any atom is -0.445 e. The lowest BCUT2D eigenvalue weighted by Crippen LogP contribution is -2.46. The smallest absolute Gasteiger partial charge is 0.408 e. The molecular formula is C17H20BrNO3. The zero-order valence-electron chi connectivity index (χ0n) is 12.3. The van der Waals surface area contributed by atoms with Gasteiger partial charge < -0.3 is 10.1 Å². The van der Waals surface area contributed by atoms with Crippen LogP contribution in [0.25, 0.3) is 0 Å². The molecule has 0 aliphatic heterocycles. The van der Waals surface area contributed by atoms with E-state index in [4.69, 9.17) is 4.74 Å². The molecule has 1 unspecified atom stereocenters. The number of fused-ring (bicyclic) bond motifs is 1. The van der Waals surface area contributed by atoms with Gasteiger partial charge in [-0.25, -0.2) is 4.79 Å². The van der Waals surface area contributed by atoms with E-state index < -0.39 is 12.1 Å². The lowest BCUT2D eigenvalue weighted by molar-refractivity contribution is -0.119. The third-order valence-corrected chi connectivity index (χ3v) is 5.27. The standard InChI is InChI=1S/C17H20BrNO3/c18-9-15(20)16(14-7-12-6-13(12)8-14)19-17(21)22-10-11-4-2-1-3-5-11/h1-5,12-14,16H,6-10H2,(H,19,21)/t12-,13+,14?,16-/m1/s1. The molecule has 1 amide bonds. The number of hydrogen-bond donors (Lipinski definition) is 1. The maximum absolute atomic E-state index is 12.1. The molecule has 4 atom stereocenters. The number of amides is 1. The molecule has 1 aromatic carbocycles. The van der Waals surface area contributed by atoms with Gasteiger partial charge in [-0.05, 0) is 42.6 Å². The molecule has 0 aromatic heterocycles. The molecule has 118 valence electrons. The van der Waals surface area contributed by atoms with Crippen LogP contribution >= 0.6 is 15.9 Å². The van der Waals surface area contributed by atoms with E-state index in [-0.39, 0.29) is 23.6 Å². The Morgan fingerprint density at radius 1 is 1.18 bits per heavy atom. The molecule has 4 nitrogen and oxygen atoms in total. The SMILES string of the molecule is O=C(N[C@@H](C(=O)CBr)C1C[C@@H]2C[C@@H]2C1)OCc1ccccc1. The van der Waals surface area contributed by atoms with Crippen LogP contribution in [0.4, 0.5) is 4.79 Å². The fraction of sp³-hybridized carbons (Fsp3) is 0.529. The molecule has 0 saturated heterocycles. The molecule has 0 spiro atoms. The normalized spacial score (nSPS) is 26.9. The predicted molar refractivity (Wildman–Crippen MR) is 86.7 cm³/mol. The van der Waals surface area contributed by atoms with Crippen molar-refractivity contribution in [1.82, 2.24) is 5.32 Å². The lowest BCUT2D eigenvalue weighted by atomic mass is 9.92. The molecular weight excluding hydrogens is 346 g/mol. The number of Topliss-reactive ketones (excluding diaryl/α,β-unsaturated/α-hetero) is 1. The first-order valence-corrected chi connectivity index (χ1v) is 8.85. The van der Waals surface area contributed by atoms with Crippen molar-refractivity contribution < 1.29 is 14.3 Å². The minimum absolute atomic E-state index is 0.0305. The van der Waals surface area contributed by atoms with Gasteiger partial charge in [-0.1, -0.05) is 46.3 Å². The zero-order chi connectivity index (χ0) is 15.5. The van der Waals surface area contributed by atoms with Gasteiger partial charge in [0.25, 0.3) is 0 Å². The van der Waals surface area contributed by atoms with Gasteiger partial charge >= 0.3 is 6.09 Å². The van der Waals surface area contributed by atoms with Crippen molar-refractivity contribution >= 4 is 27.8 Å². The Bertz CT molecular complexity index is 538. The second-order valence-electron chi connectivity index (χ2n) is 6.27. The second kappa shape index (κ2) is 6.82. The van der Waals surface area contributed by atoms with E-state index in [1.165, 1.54) is 6.42 Å². The second-order valence-corrected chi connectivity index (χ2v) is 6.83. The van der Waals surface area contributed by atoms with Crippen molar-refractivity contribution in [2.45, 2.75) is 31.9 Å². The fourth-order valence-electron chi connectivity index (χ4n) is 3.47. The van der Waals surface area contributed by atoms with E-state index in [9.17, 15) is 9.59 Å². The zero-order valence-corrected chi connectivity index (χ0v) is 13.9. The molecule has 2 aliphatic rings. The maximum atomic E-state index is 12.1. The number of ether oxygens (including phenoxy) is 1. The van der Waals surface area contributed by atoms with Crippen LogP contribution in [0, 0.1) is 17.8 Å². The number of carbonyl (C=O) groups excluding carboxylic acids is 2. The summed E-state index contributed by atoms with van der Waals surface area (Å²) in [5.74, 6) is 1.84. The molecule has 2 fully saturated rings. The Morgan fingerprint density at radius 3 is 2.50 bits per heavy atom. The van der Waals surface area contributed by atoms with Gasteiger partial charge in [-0.3, -0.25) is 4.79 Å². The van der Waals surface area contributed by atoms with Crippen molar-refractivity contribution in [3.05, 3.63) is 35.9 Å². The van der Waals surface area contributed by atoms with Crippen molar-refractivity contribution in [1.29, 1.82) is 0 Å². The van der Waals surface area contributed by atoms with E-state index in [2.05, 4.69) is 21.2 Å². The van der Waals surface area contributed by atoms with Crippen molar-refractivity contribution in [3.8, 4) is 0 Å². The average Bonchev–Trinajstić information content (AvgIpc) is 3.16. The summed E-state index contributed by atoms with van der Waals surface area (Å²) in [5.41, 5.74) is 0.933. The number of nitrogens with one attached hydrogen (secondary N) is 1. The summed E-state index contributed by atoms with van der Waals surface area (Å²) >= 11 is 3.21. The van der Waals surface area contributed by atoms with Gasteiger partial charge in [0.05, 0.1) is 11.4 Å². The highest BCUT2D eigenvalue weighted by molar-refractivity contribution is 9.09. The van der Waals surface area contributed by atoms with E-state index in [1.807, 2.05) is 30.3 Å². The monoisotopic (exact) mass is 365 g/mol. The van der Waals surface area contributed by atoms with Gasteiger partial charge in [0.15, 0.2) is 5.78 Å². The van der Waals surface area contributed by atoms with Crippen LogP contribution in [0.15, 0.2) is 30.3 Å². The molecule has 0 heterocycles. The van der Waals surface area contributed by atoms with Gasteiger partial charge in [0, 0.05) is 0 Å². The van der Waals surface area contributed by atoms with Gasteiger partial charge in [0.2, 0.25) is 0 Å². The molecule has 0 bridgehead atoms. The fourth-order valence-corrected chi connectivity index (χ4v) is 3.82. The molecule has 2 aliphatic carbocycles. The summed E-state index contributed by atoms with van der Waals surface area (Å²) < 4.78 is 5.23. The first-order chi connectivity index (χ1) is 10.7. The summed E-state index contributed by atoms with van der Waals surface area (Å²) in [6.45, 7) is 0.220. The summed E-state index contributed by atoms with van der Waals surface area (Å²) in [6.07, 6.45) is 2.88. The predicted octanol–water partition coefficient (Wildman–Crippen LogP) is 3.29. The van der Waals surface area contributed by atoms with Crippen LogP contribution in [0.3, 0.4) is 0 Å². The summed E-state index contributed by atoms with van der Waals surface area (Å²) in [7, 11) is 0. The van der Waals surface area contributed by atoms with Crippen molar-refractivity contribution in [2.75, 3.05) is 5.33 Å². The van der Waals surface area contributed by atoms with Gasteiger partial charge in [0.1, 0.15) is 6.61 Å². The van der Waals surface area contributed by atoms with Crippen LogP contribution < -0.4 is 5.32 Å². The third kappa shape index (κ3) is 3.69. The number of ketones is 1. The van der Waals surface area contributed by atoms with Crippen LogP contribution in [0.1, 0.15) is 24.8 Å². The van der Waals surface area contributed by atoms with E-state index >= 15 is 0 Å². The van der Waals surface area contributed by atoms with Crippen molar-refractivity contribution in [3.63, 3.8) is 0 Å². The van der Waals surface area contributed by atoms with Gasteiger partial charge in [-0.2, -0.15) is 0 Å². The lowest BCUT2D eigenvalue weighted by Gasteiger charge is -2.23. The first-order valence-electron chi connectivity index (χ1n) is 7.73. The minimum atomic E-state index is -0.510. The Labute approximate surface area is 138 Å². The summed E-state index contributed by atoms with van der Waals surface area (Å²) in [4.78, 5) is 24.1. The molecule has 1 N–H and O–H groups in total. The number of rotatable bonds is 6. The van der Waals surface area contributed by atoms with Gasteiger partial charge in [-0.15, -0.1) is 0 Å². The Morgan fingerprint density at radius 2 is 1.86 bits per heavy atom. The Kier molecular flexibility index (Phi) is 4.81. The summed E-state index contributed by atoms with van der Waals surface area (Å²) in [6, 6.07) is 9.10. The largest absolute Gasteiger partial charge is 0.445 e. The highest BCUT2D eigenvalue weighted by Gasteiger charge is 2.49. The van der Waals surface area contributed by atoms with E-state index in [0.717, 1.165) is 30.2 Å². The van der Waals surface area contributed by atoms with Crippen molar-refractivity contribution in [2.24, 2.45) is 17.8 Å². The van der Waals surface area contributed by atoms with E-state index in [1.54, 1.807) is 0 Å². The average molecular weight is 366 g/mol. The number of alkyl carbamates (subject to hydrolysis) is 1. The quantitative estimate of drug-likeness (QED) is 0.786. The van der Waals surface area contributed by atoms with E-state index in [0.29, 0.717) is 0 Å². The molecule has 3 rings (SSSR count). The van der Waals surface area contributed by atoms with Crippen LogP contribution in [-0.2, 0) is 16.1 Å². The molecule has 5 heteroatoms. The topological polar surface area (TPSA) is 55.4 Å². The van der Waals surface area contributed by atoms with Crippen LogP contribution in [0.5, 0.6) is 0 Å². The molecule has 0 radical (unpaired) electrons. The van der Waals surface area contributed by atoms with Crippen LogP contribution in [0.2, 0.25) is 0 Å².